The number of pyridine rings is 1. The van der Waals surface area contributed by atoms with E-state index in [1.165, 1.54) is 21.9 Å². The highest BCUT2D eigenvalue weighted by Crippen LogP contribution is 2.22. The third-order valence-electron chi connectivity index (χ3n) is 2.76. The minimum Gasteiger partial charge on any atom is -0.325 e. The van der Waals surface area contributed by atoms with Gasteiger partial charge in [0.05, 0.1) is 5.69 Å². The van der Waals surface area contributed by atoms with Crippen molar-refractivity contribution in [2.45, 2.75) is 20.4 Å². The third-order valence-corrected chi connectivity index (χ3v) is 2.76. The summed E-state index contributed by atoms with van der Waals surface area (Å²) >= 11 is 0. The predicted octanol–water partition coefficient (Wildman–Crippen LogP) is 2.31. The number of nitrogens with two attached hydrogens (primary N) is 1. The van der Waals surface area contributed by atoms with Crippen LogP contribution in [0.5, 0.6) is 0 Å². The number of aryl methyl sites for hydroxylation is 2. The highest BCUT2D eigenvalue weighted by Gasteiger charge is 2.03. The van der Waals surface area contributed by atoms with E-state index in [1.54, 1.807) is 0 Å². The van der Waals surface area contributed by atoms with Gasteiger partial charge in [-0.2, -0.15) is 0 Å². The summed E-state index contributed by atoms with van der Waals surface area (Å²) in [5.74, 6) is 0. The Morgan fingerprint density at radius 2 is 1.93 bits per heavy atom. The van der Waals surface area contributed by atoms with Gasteiger partial charge in [0.25, 0.3) is 0 Å². The Morgan fingerprint density at radius 3 is 2.64 bits per heavy atom. The molecule has 1 heterocycles. The van der Waals surface area contributed by atoms with E-state index >= 15 is 0 Å². The van der Waals surface area contributed by atoms with Crippen LogP contribution in [0, 0.1) is 13.8 Å². The molecule has 0 saturated carbocycles. The second-order valence-corrected chi connectivity index (χ2v) is 3.56. The van der Waals surface area contributed by atoms with Crippen molar-refractivity contribution in [2.24, 2.45) is 5.73 Å². The summed E-state index contributed by atoms with van der Waals surface area (Å²) in [5, 5.41) is 2.44. The molecule has 1 aromatic heterocycles. The van der Waals surface area contributed by atoms with Gasteiger partial charge in [0, 0.05) is 18.1 Å². The number of rotatable bonds is 1. The molecule has 0 atom stereocenters. The van der Waals surface area contributed by atoms with Crippen molar-refractivity contribution >= 4 is 10.8 Å². The Labute approximate surface area is 83.8 Å². The summed E-state index contributed by atoms with van der Waals surface area (Å²) in [6.07, 6.45) is 1.83. The second kappa shape index (κ2) is 3.39. The molecule has 2 heteroatoms. The Kier molecular flexibility index (Phi) is 2.22. The highest BCUT2D eigenvalue weighted by molar-refractivity contribution is 5.88. The maximum Gasteiger partial charge on any atom is 0.0617 e. The summed E-state index contributed by atoms with van der Waals surface area (Å²) in [6.45, 7) is 4.76. The quantitative estimate of drug-likeness (QED) is 0.742. The normalized spacial score (nSPS) is 10.8. The fourth-order valence-electron chi connectivity index (χ4n) is 1.74. The van der Waals surface area contributed by atoms with Crippen molar-refractivity contribution in [1.82, 2.24) is 4.98 Å². The van der Waals surface area contributed by atoms with Crippen LogP contribution < -0.4 is 5.73 Å². The van der Waals surface area contributed by atoms with Gasteiger partial charge in [-0.1, -0.05) is 12.1 Å². The van der Waals surface area contributed by atoms with Gasteiger partial charge >= 0.3 is 0 Å². The summed E-state index contributed by atoms with van der Waals surface area (Å²) < 4.78 is 0. The number of benzene rings is 1. The Bertz CT molecular complexity index is 475. The molecule has 0 amide bonds. The lowest BCUT2D eigenvalue weighted by Crippen LogP contribution is -2.00. The predicted molar refractivity (Wildman–Crippen MR) is 59.1 cm³/mol. The van der Waals surface area contributed by atoms with Crippen molar-refractivity contribution in [3.63, 3.8) is 0 Å². The molecule has 2 aromatic rings. The molecule has 0 saturated heterocycles. The zero-order chi connectivity index (χ0) is 10.1. The van der Waals surface area contributed by atoms with Crippen LogP contribution in [-0.2, 0) is 6.54 Å². The van der Waals surface area contributed by atoms with Crippen LogP contribution in [0.4, 0.5) is 0 Å². The smallest absolute Gasteiger partial charge is 0.0617 e. The molecule has 0 bridgehead atoms. The molecule has 2 nitrogen and oxygen atoms in total. The SMILES string of the molecule is Cc1ccc2c(CN)nccc2c1C. The molecular weight excluding hydrogens is 172 g/mol. The zero-order valence-corrected chi connectivity index (χ0v) is 8.54. The van der Waals surface area contributed by atoms with Crippen molar-refractivity contribution in [3.05, 3.63) is 41.2 Å². The zero-order valence-electron chi connectivity index (χ0n) is 8.54. The Morgan fingerprint density at radius 1 is 1.14 bits per heavy atom. The van der Waals surface area contributed by atoms with Crippen molar-refractivity contribution in [3.8, 4) is 0 Å². The van der Waals surface area contributed by atoms with Crippen LogP contribution in [0.2, 0.25) is 0 Å². The Balaban J connectivity index is 2.86. The van der Waals surface area contributed by atoms with E-state index in [0.717, 1.165) is 5.69 Å². The van der Waals surface area contributed by atoms with Crippen LogP contribution in [0.3, 0.4) is 0 Å². The van der Waals surface area contributed by atoms with E-state index in [4.69, 9.17) is 5.73 Å². The molecule has 14 heavy (non-hydrogen) atoms. The highest BCUT2D eigenvalue weighted by atomic mass is 14.7. The van der Waals surface area contributed by atoms with Crippen LogP contribution >= 0.6 is 0 Å². The number of nitrogens with zero attached hydrogens (tertiary/aromatic N) is 1. The first-order valence-corrected chi connectivity index (χ1v) is 4.78. The van der Waals surface area contributed by atoms with E-state index in [2.05, 4.69) is 37.0 Å². The average Bonchev–Trinajstić information content (AvgIpc) is 2.23. The van der Waals surface area contributed by atoms with Crippen molar-refractivity contribution in [1.29, 1.82) is 0 Å². The minimum absolute atomic E-state index is 0.500. The van der Waals surface area contributed by atoms with Gasteiger partial charge in [0.15, 0.2) is 0 Å². The summed E-state index contributed by atoms with van der Waals surface area (Å²) in [7, 11) is 0. The molecule has 0 spiro atoms. The molecular formula is C12H14N2. The Hall–Kier alpha value is -1.41. The molecule has 0 unspecified atom stereocenters. The molecule has 0 aliphatic heterocycles. The lowest BCUT2D eigenvalue weighted by atomic mass is 10.0. The van der Waals surface area contributed by atoms with Gasteiger partial charge in [-0.25, -0.2) is 0 Å². The van der Waals surface area contributed by atoms with Crippen molar-refractivity contribution < 1.29 is 0 Å². The van der Waals surface area contributed by atoms with Crippen LogP contribution in [-0.4, -0.2) is 4.98 Å². The van der Waals surface area contributed by atoms with E-state index in [0.29, 0.717) is 6.54 Å². The van der Waals surface area contributed by atoms with Crippen LogP contribution in [0.15, 0.2) is 24.4 Å². The van der Waals surface area contributed by atoms with E-state index in [9.17, 15) is 0 Å². The number of hydrogen-bond donors (Lipinski definition) is 1. The summed E-state index contributed by atoms with van der Waals surface area (Å²) in [6, 6.07) is 6.28. The summed E-state index contributed by atoms with van der Waals surface area (Å²) in [4.78, 5) is 4.27. The van der Waals surface area contributed by atoms with Gasteiger partial charge in [-0.05, 0) is 36.4 Å². The fourth-order valence-corrected chi connectivity index (χ4v) is 1.74. The topological polar surface area (TPSA) is 38.9 Å². The van der Waals surface area contributed by atoms with Gasteiger partial charge < -0.3 is 5.73 Å². The average molecular weight is 186 g/mol. The number of fused-ring (bicyclic) bond motifs is 1. The van der Waals surface area contributed by atoms with Crippen molar-refractivity contribution in [2.75, 3.05) is 0 Å². The largest absolute Gasteiger partial charge is 0.325 e. The number of hydrogen-bond acceptors (Lipinski definition) is 2. The lowest BCUT2D eigenvalue weighted by molar-refractivity contribution is 1.01. The molecule has 0 radical (unpaired) electrons. The first kappa shape index (κ1) is 9.16. The molecule has 2 rings (SSSR count). The van der Waals surface area contributed by atoms with E-state index in [1.807, 2.05) is 6.20 Å². The van der Waals surface area contributed by atoms with Crippen LogP contribution in [0.1, 0.15) is 16.8 Å². The maximum atomic E-state index is 5.64. The first-order chi connectivity index (χ1) is 6.74. The molecule has 2 N–H and O–H groups in total. The van der Waals surface area contributed by atoms with Crippen LogP contribution in [0.25, 0.3) is 10.8 Å². The van der Waals surface area contributed by atoms with E-state index in [-0.39, 0.29) is 0 Å². The standard InChI is InChI=1S/C12H14N2/c1-8-3-4-11-10(9(8)2)5-6-14-12(11)7-13/h3-6H,7,13H2,1-2H3. The number of aromatic nitrogens is 1. The van der Waals surface area contributed by atoms with Gasteiger partial charge in [-0.15, -0.1) is 0 Å². The van der Waals surface area contributed by atoms with E-state index < -0.39 is 0 Å². The lowest BCUT2D eigenvalue weighted by Gasteiger charge is -2.07. The maximum absolute atomic E-state index is 5.64. The molecule has 0 aliphatic carbocycles. The first-order valence-electron chi connectivity index (χ1n) is 4.78. The van der Waals surface area contributed by atoms with Gasteiger partial charge in [0.2, 0.25) is 0 Å². The summed E-state index contributed by atoms with van der Waals surface area (Å²) in [5.41, 5.74) is 9.25. The molecule has 1 aromatic carbocycles. The molecule has 0 fully saturated rings. The monoisotopic (exact) mass is 186 g/mol. The third kappa shape index (κ3) is 1.28. The second-order valence-electron chi connectivity index (χ2n) is 3.56. The van der Waals surface area contributed by atoms with Gasteiger partial charge in [0.1, 0.15) is 0 Å². The minimum atomic E-state index is 0.500. The molecule has 0 aliphatic rings. The fraction of sp³-hybridized carbons (Fsp3) is 0.250. The van der Waals surface area contributed by atoms with Gasteiger partial charge in [-0.3, -0.25) is 4.98 Å². The molecule has 72 valence electrons.